The number of esters is 3. The second-order valence-electron chi connectivity index (χ2n) is 16.1. The molecule has 0 aliphatic rings. The average Bonchev–Trinajstić information content (AvgIpc) is 3.11. The van der Waals surface area contributed by atoms with Crippen LogP contribution >= 0.6 is 0 Å². The first-order chi connectivity index (χ1) is 24.8. The molecule has 0 heterocycles. The molecule has 6 nitrogen and oxygen atoms in total. The van der Waals surface area contributed by atoms with Gasteiger partial charge in [-0.05, 0) is 31.1 Å². The number of carbonyl (C=O) groups is 3. The van der Waals surface area contributed by atoms with Gasteiger partial charge in [0.15, 0.2) is 6.10 Å². The van der Waals surface area contributed by atoms with Crippen LogP contribution in [0, 0.1) is 11.8 Å². The van der Waals surface area contributed by atoms with E-state index in [0.717, 1.165) is 69.6 Å². The Labute approximate surface area is 317 Å². The largest absolute Gasteiger partial charge is 0.462 e. The Bertz CT molecular complexity index is 781. The van der Waals surface area contributed by atoms with E-state index in [1.807, 2.05) is 0 Å². The molecule has 0 radical (unpaired) electrons. The minimum atomic E-state index is -0.759. The molecule has 0 N–H and O–H groups in total. The van der Waals surface area contributed by atoms with Gasteiger partial charge >= 0.3 is 17.9 Å². The maximum absolute atomic E-state index is 12.6. The summed E-state index contributed by atoms with van der Waals surface area (Å²) in [6.45, 7) is 11.3. The molecule has 0 aliphatic carbocycles. The third-order valence-corrected chi connectivity index (χ3v) is 10.3. The molecule has 1 unspecified atom stereocenters. The van der Waals surface area contributed by atoms with Crippen LogP contribution in [0.15, 0.2) is 0 Å². The van der Waals surface area contributed by atoms with Gasteiger partial charge in [-0.25, -0.2) is 0 Å². The molecule has 0 amide bonds. The number of carbonyl (C=O) groups excluding carboxylic acids is 3. The summed E-state index contributed by atoms with van der Waals surface area (Å²) in [5.74, 6) is 0.787. The Hall–Kier alpha value is -1.59. The Morgan fingerprint density at radius 3 is 1.12 bits per heavy atom. The first kappa shape index (κ1) is 49.4. The summed E-state index contributed by atoms with van der Waals surface area (Å²) in [5, 5.41) is 0. The highest BCUT2D eigenvalue weighted by atomic mass is 16.6. The lowest BCUT2D eigenvalue weighted by Gasteiger charge is -2.18. The molecule has 0 aliphatic heterocycles. The van der Waals surface area contributed by atoms with Crippen LogP contribution in [0.4, 0.5) is 0 Å². The first-order valence-electron chi connectivity index (χ1n) is 22.3. The van der Waals surface area contributed by atoms with Crippen molar-refractivity contribution in [2.24, 2.45) is 11.8 Å². The predicted molar refractivity (Wildman–Crippen MR) is 215 cm³/mol. The summed E-state index contributed by atoms with van der Waals surface area (Å²) in [7, 11) is 0. The van der Waals surface area contributed by atoms with E-state index in [0.29, 0.717) is 19.3 Å². The van der Waals surface area contributed by atoms with Crippen LogP contribution in [0.5, 0.6) is 0 Å². The third-order valence-electron chi connectivity index (χ3n) is 10.3. The Morgan fingerprint density at radius 1 is 0.412 bits per heavy atom. The van der Waals surface area contributed by atoms with Crippen molar-refractivity contribution in [2.45, 2.75) is 246 Å². The molecule has 2 atom stereocenters. The van der Waals surface area contributed by atoms with E-state index in [1.165, 1.54) is 128 Å². The zero-order chi connectivity index (χ0) is 37.6. The van der Waals surface area contributed by atoms with Crippen molar-refractivity contribution in [3.8, 4) is 0 Å². The van der Waals surface area contributed by atoms with Gasteiger partial charge in [-0.1, -0.05) is 202 Å². The SMILES string of the molecule is CCCCCCCCCCCC(=O)O[C@@H](COC(=O)CCCCCCCCCCCCC(C)CC)COC(=O)CCCCCCCCCC(C)C. The summed E-state index contributed by atoms with van der Waals surface area (Å²) >= 11 is 0. The van der Waals surface area contributed by atoms with Crippen molar-refractivity contribution < 1.29 is 28.6 Å². The van der Waals surface area contributed by atoms with E-state index >= 15 is 0 Å². The quantitative estimate of drug-likeness (QED) is 0.0357. The minimum absolute atomic E-state index is 0.0657. The highest BCUT2D eigenvalue weighted by molar-refractivity contribution is 5.71. The van der Waals surface area contributed by atoms with Crippen molar-refractivity contribution >= 4 is 17.9 Å². The fourth-order valence-electron chi connectivity index (χ4n) is 6.54. The summed E-state index contributed by atoms with van der Waals surface area (Å²) in [6.07, 6.45) is 35.2. The lowest BCUT2D eigenvalue weighted by molar-refractivity contribution is -0.167. The van der Waals surface area contributed by atoms with Crippen LogP contribution < -0.4 is 0 Å². The number of ether oxygens (including phenoxy) is 3. The van der Waals surface area contributed by atoms with Gasteiger partial charge in [0.1, 0.15) is 13.2 Å². The maximum atomic E-state index is 12.6. The number of rotatable bonds is 39. The second-order valence-corrected chi connectivity index (χ2v) is 16.1. The smallest absolute Gasteiger partial charge is 0.306 e. The third kappa shape index (κ3) is 38.0. The zero-order valence-corrected chi connectivity index (χ0v) is 34.7. The van der Waals surface area contributed by atoms with Crippen molar-refractivity contribution in [3.63, 3.8) is 0 Å². The highest BCUT2D eigenvalue weighted by Crippen LogP contribution is 2.17. The Morgan fingerprint density at radius 2 is 0.745 bits per heavy atom. The van der Waals surface area contributed by atoms with E-state index in [2.05, 4.69) is 34.6 Å². The van der Waals surface area contributed by atoms with Crippen molar-refractivity contribution in [1.29, 1.82) is 0 Å². The van der Waals surface area contributed by atoms with Crippen molar-refractivity contribution in [2.75, 3.05) is 13.2 Å². The van der Waals surface area contributed by atoms with E-state index in [1.54, 1.807) is 0 Å². The van der Waals surface area contributed by atoms with Crippen LogP contribution in [0.2, 0.25) is 0 Å². The molecule has 51 heavy (non-hydrogen) atoms. The fourth-order valence-corrected chi connectivity index (χ4v) is 6.54. The molecule has 0 saturated carbocycles. The molecule has 0 aromatic rings. The van der Waals surface area contributed by atoms with Crippen LogP contribution in [0.25, 0.3) is 0 Å². The topological polar surface area (TPSA) is 78.9 Å². The second kappa shape index (κ2) is 38.1. The minimum Gasteiger partial charge on any atom is -0.462 e. The van der Waals surface area contributed by atoms with Gasteiger partial charge in [0.2, 0.25) is 0 Å². The summed E-state index contributed by atoms with van der Waals surface area (Å²) in [4.78, 5) is 37.6. The van der Waals surface area contributed by atoms with Gasteiger partial charge in [0.05, 0.1) is 0 Å². The zero-order valence-electron chi connectivity index (χ0n) is 34.7. The predicted octanol–water partition coefficient (Wildman–Crippen LogP) is 13.8. The molecular weight excluding hydrogens is 636 g/mol. The van der Waals surface area contributed by atoms with E-state index in [4.69, 9.17) is 14.2 Å². The average molecular weight is 723 g/mol. The van der Waals surface area contributed by atoms with E-state index in [9.17, 15) is 14.4 Å². The summed E-state index contributed by atoms with van der Waals surface area (Å²) in [6, 6.07) is 0. The molecule has 0 fully saturated rings. The molecule has 302 valence electrons. The van der Waals surface area contributed by atoms with Gasteiger partial charge in [0, 0.05) is 19.3 Å². The maximum Gasteiger partial charge on any atom is 0.306 e. The molecular formula is C45H86O6. The summed E-state index contributed by atoms with van der Waals surface area (Å²) < 4.78 is 16.7. The van der Waals surface area contributed by atoms with Crippen molar-refractivity contribution in [3.05, 3.63) is 0 Å². The molecule has 6 heteroatoms. The molecule has 0 aromatic heterocycles. The van der Waals surface area contributed by atoms with Crippen LogP contribution in [-0.2, 0) is 28.6 Å². The molecule has 0 bridgehead atoms. The van der Waals surface area contributed by atoms with Crippen LogP contribution in [-0.4, -0.2) is 37.2 Å². The first-order valence-corrected chi connectivity index (χ1v) is 22.3. The van der Waals surface area contributed by atoms with Gasteiger partial charge < -0.3 is 14.2 Å². The van der Waals surface area contributed by atoms with Gasteiger partial charge in [-0.2, -0.15) is 0 Å². The monoisotopic (exact) mass is 723 g/mol. The van der Waals surface area contributed by atoms with Gasteiger partial charge in [0.25, 0.3) is 0 Å². The number of unbranched alkanes of at least 4 members (excludes halogenated alkanes) is 23. The molecule has 0 aromatic carbocycles. The van der Waals surface area contributed by atoms with Gasteiger partial charge in [-0.3, -0.25) is 14.4 Å². The van der Waals surface area contributed by atoms with E-state index in [-0.39, 0.29) is 31.1 Å². The molecule has 0 spiro atoms. The Kier molecular flexibility index (Phi) is 37.0. The highest BCUT2D eigenvalue weighted by Gasteiger charge is 2.19. The number of hydrogen-bond acceptors (Lipinski definition) is 6. The summed E-state index contributed by atoms with van der Waals surface area (Å²) in [5.41, 5.74) is 0. The Balaban J connectivity index is 4.31. The van der Waals surface area contributed by atoms with Gasteiger partial charge in [-0.15, -0.1) is 0 Å². The normalized spacial score (nSPS) is 12.6. The number of hydrogen-bond donors (Lipinski definition) is 0. The van der Waals surface area contributed by atoms with Crippen LogP contribution in [0.3, 0.4) is 0 Å². The molecule has 0 rings (SSSR count). The lowest BCUT2D eigenvalue weighted by Crippen LogP contribution is -2.30. The van der Waals surface area contributed by atoms with Crippen molar-refractivity contribution in [1.82, 2.24) is 0 Å². The van der Waals surface area contributed by atoms with E-state index < -0.39 is 6.10 Å². The lowest BCUT2D eigenvalue weighted by atomic mass is 9.99. The fraction of sp³-hybridized carbons (Fsp3) is 0.933. The van der Waals surface area contributed by atoms with Crippen LogP contribution in [0.1, 0.15) is 240 Å². The molecule has 0 saturated heterocycles. The standard InChI is InChI=1S/C45H86O6/c1-6-8-9-10-11-14-21-27-32-37-45(48)51-42(39-50-44(47)36-31-26-22-17-18-23-28-33-40(3)4)38-49-43(46)35-30-25-20-16-13-12-15-19-24-29-34-41(5)7-2/h40-42H,6-39H2,1-5H3/t41?,42-/m0/s1.